The largest absolute Gasteiger partial charge is 0.343 e. The fourth-order valence-electron chi connectivity index (χ4n) is 2.38. The average Bonchev–Trinajstić information content (AvgIpc) is 2.89. The van der Waals surface area contributed by atoms with Gasteiger partial charge < -0.3 is 10.2 Å². The summed E-state index contributed by atoms with van der Waals surface area (Å²) in [7, 11) is 0. The van der Waals surface area contributed by atoms with Gasteiger partial charge in [-0.3, -0.25) is 9.59 Å². The molecule has 2 rings (SSSR count). The molecule has 5 nitrogen and oxygen atoms in total. The van der Waals surface area contributed by atoms with Crippen molar-refractivity contribution in [2.24, 2.45) is 0 Å². The Balaban J connectivity index is 2.18. The Morgan fingerprint density at radius 1 is 1.42 bits per heavy atom. The van der Waals surface area contributed by atoms with E-state index < -0.39 is 0 Å². The van der Waals surface area contributed by atoms with Crippen LogP contribution < -0.4 is 5.32 Å². The van der Waals surface area contributed by atoms with Gasteiger partial charge in [0.25, 0.3) is 0 Å². The van der Waals surface area contributed by atoms with E-state index in [1.165, 1.54) is 11.3 Å². The fraction of sp³-hybridized carbons (Fsp3) is 0.615. The Hall–Kier alpha value is -1.43. The van der Waals surface area contributed by atoms with E-state index in [0.29, 0.717) is 19.4 Å². The summed E-state index contributed by atoms with van der Waals surface area (Å²) in [5, 5.41) is 5.59. The van der Waals surface area contributed by atoms with Crippen LogP contribution in [0.1, 0.15) is 38.1 Å². The zero-order chi connectivity index (χ0) is 13.8. The number of thiazole rings is 1. The summed E-state index contributed by atoms with van der Waals surface area (Å²) in [4.78, 5) is 30.4. The topological polar surface area (TPSA) is 62.3 Å². The second-order valence-electron chi connectivity index (χ2n) is 4.67. The first-order valence-corrected chi connectivity index (χ1v) is 7.54. The van der Waals surface area contributed by atoms with Crippen LogP contribution in [0.15, 0.2) is 11.6 Å². The van der Waals surface area contributed by atoms with E-state index in [2.05, 4.69) is 10.3 Å². The van der Waals surface area contributed by atoms with E-state index >= 15 is 0 Å². The van der Waals surface area contributed by atoms with E-state index in [0.717, 1.165) is 11.4 Å². The molecule has 1 aliphatic heterocycles. The van der Waals surface area contributed by atoms with E-state index in [-0.39, 0.29) is 23.9 Å². The summed E-state index contributed by atoms with van der Waals surface area (Å²) in [5.74, 6) is -0.0272. The molecule has 2 atom stereocenters. The maximum absolute atomic E-state index is 12.4. The van der Waals surface area contributed by atoms with Crippen molar-refractivity contribution in [3.8, 4) is 0 Å². The number of amides is 2. The van der Waals surface area contributed by atoms with Crippen LogP contribution in [0.3, 0.4) is 0 Å². The lowest BCUT2D eigenvalue weighted by Crippen LogP contribution is -2.62. The highest BCUT2D eigenvalue weighted by molar-refractivity contribution is 7.09. The van der Waals surface area contributed by atoms with Crippen LogP contribution in [0.25, 0.3) is 0 Å². The molecule has 2 heterocycles. The third-order valence-corrected chi connectivity index (χ3v) is 4.09. The first-order chi connectivity index (χ1) is 9.17. The van der Waals surface area contributed by atoms with Crippen molar-refractivity contribution >= 4 is 23.2 Å². The van der Waals surface area contributed by atoms with Gasteiger partial charge in [0.2, 0.25) is 11.8 Å². The van der Waals surface area contributed by atoms with Gasteiger partial charge in [0.1, 0.15) is 17.1 Å². The molecular formula is C13H19N3O2S. The molecule has 1 N–H and O–H groups in total. The number of nitrogens with one attached hydrogen (secondary N) is 1. The molecule has 0 aliphatic carbocycles. The Kier molecular flexibility index (Phi) is 4.52. The van der Waals surface area contributed by atoms with Gasteiger partial charge in [0.05, 0.1) is 6.54 Å². The third-order valence-electron chi connectivity index (χ3n) is 3.33. The van der Waals surface area contributed by atoms with Crippen LogP contribution in [-0.4, -0.2) is 33.8 Å². The number of carbonyl (C=O) groups is 2. The molecule has 2 unspecified atom stereocenters. The molecule has 19 heavy (non-hydrogen) atoms. The molecule has 6 heteroatoms. The number of piperazine rings is 1. The molecule has 0 radical (unpaired) electrons. The summed E-state index contributed by atoms with van der Waals surface area (Å²) < 4.78 is 0. The van der Waals surface area contributed by atoms with Crippen molar-refractivity contribution in [3.63, 3.8) is 0 Å². The molecule has 0 aromatic carbocycles. The average molecular weight is 281 g/mol. The highest BCUT2D eigenvalue weighted by Gasteiger charge is 2.39. The smallest absolute Gasteiger partial charge is 0.246 e. The maximum Gasteiger partial charge on any atom is 0.246 e. The van der Waals surface area contributed by atoms with Crippen molar-refractivity contribution in [2.45, 2.75) is 51.7 Å². The van der Waals surface area contributed by atoms with Crippen LogP contribution in [0.4, 0.5) is 0 Å². The SMILES string of the molecule is CCCC1NC(=O)C(CC)N(Cc2nccs2)C1=O. The lowest BCUT2D eigenvalue weighted by Gasteiger charge is -2.38. The van der Waals surface area contributed by atoms with Crippen molar-refractivity contribution in [1.82, 2.24) is 15.2 Å². The lowest BCUT2D eigenvalue weighted by molar-refractivity contribution is -0.150. The van der Waals surface area contributed by atoms with Crippen LogP contribution in [-0.2, 0) is 16.1 Å². The van der Waals surface area contributed by atoms with Crippen LogP contribution in [0.2, 0.25) is 0 Å². The first kappa shape index (κ1) is 14.0. The summed E-state index contributed by atoms with van der Waals surface area (Å²) in [6, 6.07) is -0.746. The number of aromatic nitrogens is 1. The van der Waals surface area contributed by atoms with Crippen molar-refractivity contribution < 1.29 is 9.59 Å². The number of hydrogen-bond donors (Lipinski definition) is 1. The lowest BCUT2D eigenvalue weighted by atomic mass is 10.0. The number of hydrogen-bond acceptors (Lipinski definition) is 4. The van der Waals surface area contributed by atoms with E-state index in [1.807, 2.05) is 19.2 Å². The number of nitrogens with zero attached hydrogens (tertiary/aromatic N) is 2. The van der Waals surface area contributed by atoms with Crippen LogP contribution in [0, 0.1) is 0 Å². The Bertz CT molecular complexity index is 447. The molecule has 1 saturated heterocycles. The molecule has 0 spiro atoms. The van der Waals surface area contributed by atoms with Crippen molar-refractivity contribution in [1.29, 1.82) is 0 Å². The molecule has 1 aliphatic rings. The minimum Gasteiger partial charge on any atom is -0.343 e. The maximum atomic E-state index is 12.4. The quantitative estimate of drug-likeness (QED) is 0.890. The molecule has 0 saturated carbocycles. The first-order valence-electron chi connectivity index (χ1n) is 6.66. The van der Waals surface area contributed by atoms with E-state index in [1.54, 1.807) is 11.1 Å². The molecule has 1 fully saturated rings. The molecule has 104 valence electrons. The van der Waals surface area contributed by atoms with Crippen molar-refractivity contribution in [2.75, 3.05) is 0 Å². The number of rotatable bonds is 5. The zero-order valence-electron chi connectivity index (χ0n) is 11.3. The molecule has 2 amide bonds. The third kappa shape index (κ3) is 2.94. The van der Waals surface area contributed by atoms with Crippen molar-refractivity contribution in [3.05, 3.63) is 16.6 Å². The highest BCUT2D eigenvalue weighted by Crippen LogP contribution is 2.19. The van der Waals surface area contributed by atoms with E-state index in [4.69, 9.17) is 0 Å². The van der Waals surface area contributed by atoms with Gasteiger partial charge in [-0.05, 0) is 12.8 Å². The predicted octanol–water partition coefficient (Wildman–Crippen LogP) is 1.55. The van der Waals surface area contributed by atoms with Gasteiger partial charge in [-0.2, -0.15) is 0 Å². The van der Waals surface area contributed by atoms with Gasteiger partial charge in [-0.15, -0.1) is 11.3 Å². The van der Waals surface area contributed by atoms with Gasteiger partial charge in [0, 0.05) is 11.6 Å². The van der Waals surface area contributed by atoms with Gasteiger partial charge in [-0.1, -0.05) is 20.3 Å². The zero-order valence-corrected chi connectivity index (χ0v) is 12.1. The molecular weight excluding hydrogens is 262 g/mol. The fourth-order valence-corrected chi connectivity index (χ4v) is 2.99. The Labute approximate surface area is 117 Å². The highest BCUT2D eigenvalue weighted by atomic mass is 32.1. The summed E-state index contributed by atoms with van der Waals surface area (Å²) in [6.45, 7) is 4.37. The van der Waals surface area contributed by atoms with Gasteiger partial charge >= 0.3 is 0 Å². The Morgan fingerprint density at radius 3 is 2.79 bits per heavy atom. The van der Waals surface area contributed by atoms with Gasteiger partial charge in [0.15, 0.2) is 0 Å². The molecule has 1 aromatic heterocycles. The van der Waals surface area contributed by atoms with Crippen LogP contribution >= 0.6 is 11.3 Å². The Morgan fingerprint density at radius 2 is 2.21 bits per heavy atom. The summed E-state index contributed by atoms with van der Waals surface area (Å²) >= 11 is 1.51. The normalized spacial score (nSPS) is 23.6. The molecule has 0 bridgehead atoms. The minimum atomic E-state index is -0.375. The second-order valence-corrected chi connectivity index (χ2v) is 5.64. The number of carbonyl (C=O) groups excluding carboxylic acids is 2. The minimum absolute atomic E-state index is 0.0171. The summed E-state index contributed by atoms with van der Waals surface area (Å²) in [6.07, 6.45) is 3.91. The molecule has 1 aromatic rings. The van der Waals surface area contributed by atoms with Crippen LogP contribution in [0.5, 0.6) is 0 Å². The second kappa shape index (κ2) is 6.14. The van der Waals surface area contributed by atoms with E-state index in [9.17, 15) is 9.59 Å². The standard InChI is InChI=1S/C13H19N3O2S/c1-3-5-9-13(18)16(8-11-14-6-7-19-11)10(4-2)12(17)15-9/h6-7,9-10H,3-5,8H2,1-2H3,(H,15,17). The monoisotopic (exact) mass is 281 g/mol. The predicted molar refractivity (Wildman–Crippen MR) is 73.6 cm³/mol. The summed E-state index contributed by atoms with van der Waals surface area (Å²) in [5.41, 5.74) is 0. The van der Waals surface area contributed by atoms with Gasteiger partial charge in [-0.25, -0.2) is 4.98 Å².